The largest absolute Gasteiger partial charge is 0.497 e. The highest BCUT2D eigenvalue weighted by Crippen LogP contribution is 2.33. The number of aliphatic hydroxyl groups excluding tert-OH is 1. The summed E-state index contributed by atoms with van der Waals surface area (Å²) in [6.07, 6.45) is 3.44. The van der Waals surface area contributed by atoms with Gasteiger partial charge in [0.05, 0.1) is 44.4 Å². The molecule has 0 radical (unpaired) electrons. The Morgan fingerprint density at radius 1 is 0.770 bits per heavy atom. The fourth-order valence-electron chi connectivity index (χ4n) is 13.5. The normalized spacial score (nSPS) is 26.1. The minimum atomic E-state index is -1.76. The topological polar surface area (TPSA) is 345 Å². The van der Waals surface area contributed by atoms with E-state index < -0.39 is 119 Å². The molecule has 2 aromatic heterocycles. The lowest BCUT2D eigenvalue weighted by Crippen LogP contribution is -2.64. The van der Waals surface area contributed by atoms with Crippen LogP contribution in [0.5, 0.6) is 5.75 Å². The molecule has 9 amide bonds. The Balaban J connectivity index is 1.05. The lowest BCUT2D eigenvalue weighted by atomic mass is 9.95. The van der Waals surface area contributed by atoms with E-state index in [1.54, 1.807) is 84.2 Å². The molecule has 4 aromatic carbocycles. The number of carbonyl (C=O) groups is 9. The zero-order valence-electron chi connectivity index (χ0n) is 56.2. The van der Waals surface area contributed by atoms with Crippen molar-refractivity contribution in [2.24, 2.45) is 5.73 Å². The quantitative estimate of drug-likeness (QED) is 0.112. The Morgan fingerprint density at radius 2 is 1.52 bits per heavy atom. The molecular formula is C71H85FN14O12S2. The molecule has 0 spiro atoms. The molecule has 10 N–H and O–H groups in total. The van der Waals surface area contributed by atoms with Crippen LogP contribution in [-0.4, -0.2) is 199 Å². The number of nitrogens with one attached hydrogen (secondary N) is 7. The molecule has 530 valence electrons. The van der Waals surface area contributed by atoms with Crippen molar-refractivity contribution in [1.29, 1.82) is 0 Å². The highest BCUT2D eigenvalue weighted by atomic mass is 32.2. The third-order valence-corrected chi connectivity index (χ3v) is 20.9. The van der Waals surface area contributed by atoms with E-state index in [1.807, 2.05) is 41.0 Å². The third-order valence-electron chi connectivity index (χ3n) is 18.9. The van der Waals surface area contributed by atoms with Crippen LogP contribution >= 0.6 is 23.5 Å². The number of nitrogens with two attached hydrogens (primary N) is 1. The number of nitrogens with zero attached hydrogens (tertiary/aromatic N) is 6. The number of thioether (sulfide) groups is 2. The number of fused-ring (bicyclic) bond motifs is 8. The van der Waals surface area contributed by atoms with Crippen molar-refractivity contribution < 1.29 is 62.1 Å². The zero-order valence-corrected chi connectivity index (χ0v) is 57.8. The van der Waals surface area contributed by atoms with Crippen molar-refractivity contribution in [3.63, 3.8) is 0 Å². The first kappa shape index (κ1) is 72.1. The van der Waals surface area contributed by atoms with E-state index in [-0.39, 0.29) is 71.4 Å². The molecule has 0 unspecified atom stereocenters. The van der Waals surface area contributed by atoms with Crippen LogP contribution < -0.4 is 47.7 Å². The standard InChI is InChI=1S/C71H85FN14O12S2/c1-41-63(89)77-54-32-45-11-7-10-43(27-45)9-5-6-24-98-59-18-23-83-62(59)67(93)80-61(42(2)87)66(92)79-55(31-44-12-15-53(97-4)16-13-44)69(95)85-22-8-20-71(85,3)70(96)74-21-26-100-40-47-28-46(39-99-25-19-60(88)76-57(36-73)65(91)75-41)29-52(30-47)86-38-50(81-82-86)37-84-51(35-56(68(83)94)78-64(54)90)34-48-33-49(72)14-17-58(48)84/h5-7,10-17,27-30,33-34,38,41-42,54-57,59,61-62,87H,8-9,18-26,31-32,35-37,39-40,73H2,1-4H3,(H,74,96)(H,75,91)(H,76,88)(H,77,89)(H,78,90)(H,79,92)(H,80,93)/b6-5+/t41-,42-,54+,55+,56-,57+,59+,61+,62+,71+/m1/s1. The minimum absolute atomic E-state index is 0.0132. The van der Waals surface area contributed by atoms with Gasteiger partial charge in [0, 0.05) is 91.5 Å². The second-order valence-corrected chi connectivity index (χ2v) is 28.4. The number of carbonyl (C=O) groups excluding carboxylic acids is 9. The van der Waals surface area contributed by atoms with E-state index in [0.29, 0.717) is 87.1 Å². The summed E-state index contributed by atoms with van der Waals surface area (Å²) in [6, 6.07) is 15.9. The van der Waals surface area contributed by atoms with Crippen molar-refractivity contribution in [2.75, 3.05) is 51.4 Å². The van der Waals surface area contributed by atoms with Crippen LogP contribution in [0.15, 0.2) is 109 Å². The van der Waals surface area contributed by atoms with Crippen LogP contribution in [0.2, 0.25) is 0 Å². The number of methoxy groups -OCH3 is 1. The monoisotopic (exact) mass is 1410 g/mol. The second kappa shape index (κ2) is 32.4. The predicted octanol–water partition coefficient (Wildman–Crippen LogP) is 2.19. The van der Waals surface area contributed by atoms with E-state index in [2.05, 4.69) is 47.5 Å². The van der Waals surface area contributed by atoms with Gasteiger partial charge in [-0.25, -0.2) is 9.07 Å². The minimum Gasteiger partial charge on any atom is -0.497 e. The number of amides is 9. The van der Waals surface area contributed by atoms with Gasteiger partial charge in [-0.05, 0) is 123 Å². The summed E-state index contributed by atoms with van der Waals surface area (Å²) in [4.78, 5) is 137. The van der Waals surface area contributed by atoms with Crippen LogP contribution in [0.3, 0.4) is 0 Å². The molecule has 0 aliphatic carbocycles. The Hall–Kier alpha value is -9.16. The van der Waals surface area contributed by atoms with Gasteiger partial charge in [0.25, 0.3) is 0 Å². The van der Waals surface area contributed by atoms with Gasteiger partial charge in [-0.2, -0.15) is 23.5 Å². The number of benzene rings is 4. The fourth-order valence-corrected chi connectivity index (χ4v) is 15.2. The maximum Gasteiger partial charge on any atom is 0.246 e. The molecule has 0 saturated carbocycles. The number of ether oxygens (including phenoxy) is 2. The summed E-state index contributed by atoms with van der Waals surface area (Å²) < 4.78 is 30.8. The maximum absolute atomic E-state index is 16.2. The molecule has 7 heterocycles. The van der Waals surface area contributed by atoms with Gasteiger partial charge in [0.15, 0.2) is 0 Å². The molecular weight excluding hydrogens is 1320 g/mol. The number of aliphatic hydroxyl groups is 1. The van der Waals surface area contributed by atoms with Crippen molar-refractivity contribution in [3.05, 3.63) is 154 Å². The maximum atomic E-state index is 16.2. The molecule has 2 fully saturated rings. The molecule has 10 atom stereocenters. The summed E-state index contributed by atoms with van der Waals surface area (Å²) in [5.74, 6) is -4.77. The van der Waals surface area contributed by atoms with Gasteiger partial charge in [0.1, 0.15) is 65.1 Å². The molecule has 11 rings (SSSR count). The van der Waals surface area contributed by atoms with Gasteiger partial charge in [-0.1, -0.05) is 59.8 Å². The van der Waals surface area contributed by atoms with Crippen molar-refractivity contribution in [3.8, 4) is 11.4 Å². The molecule has 26 nitrogen and oxygen atoms in total. The van der Waals surface area contributed by atoms with Gasteiger partial charge < -0.3 is 71.9 Å². The van der Waals surface area contributed by atoms with Gasteiger partial charge >= 0.3 is 0 Å². The number of allylic oxidation sites excluding steroid dienone is 1. The Bertz CT molecular complexity index is 4070. The van der Waals surface area contributed by atoms with E-state index >= 15 is 28.4 Å². The summed E-state index contributed by atoms with van der Waals surface area (Å²) in [5.41, 5.74) is 10.6. The second-order valence-electron chi connectivity index (χ2n) is 26.2. The lowest BCUT2D eigenvalue weighted by molar-refractivity contribution is -0.147. The molecule has 5 aliphatic heterocycles. The lowest BCUT2D eigenvalue weighted by Gasteiger charge is -2.37. The van der Waals surface area contributed by atoms with Gasteiger partial charge in [0.2, 0.25) is 53.2 Å². The van der Waals surface area contributed by atoms with E-state index in [0.717, 1.165) is 16.7 Å². The van der Waals surface area contributed by atoms with Crippen molar-refractivity contribution >= 4 is 87.6 Å². The smallest absolute Gasteiger partial charge is 0.246 e. The summed E-state index contributed by atoms with van der Waals surface area (Å²) in [5, 5.41) is 41.0. The molecule has 100 heavy (non-hydrogen) atoms. The number of aromatic nitrogens is 4. The summed E-state index contributed by atoms with van der Waals surface area (Å²) in [7, 11) is 1.51. The van der Waals surface area contributed by atoms with Crippen LogP contribution in [-0.2, 0) is 91.6 Å². The van der Waals surface area contributed by atoms with Crippen LogP contribution in [0.25, 0.3) is 16.6 Å². The molecule has 6 aromatic rings. The first-order valence-electron chi connectivity index (χ1n) is 33.7. The SMILES string of the molecule is COc1ccc(C[C@@H]2NC(=O)[C@H]([C@@H](C)O)NC(=O)[C@@H]3[C@@H]4CCN3C(=O)[C@H]3Cc5cc6cc(F)ccc6n5Cc5cn(nn5)-c5cc(cc(c5)CSCCC(=O)N[C@@H](CN)C(=O)N[C@H](C)C(=O)N[C@@H](Cc5cccc(c5)C/C=C/CO4)C(=O)N3)CSCCNC(=O)[C@]3(C)CCCN3C2=O)cc1. The first-order chi connectivity index (χ1) is 48.1. The Morgan fingerprint density at radius 3 is 2.28 bits per heavy atom. The van der Waals surface area contributed by atoms with Crippen molar-refractivity contribution in [1.82, 2.24) is 66.6 Å². The summed E-state index contributed by atoms with van der Waals surface area (Å²) in [6.45, 7) is 4.35. The number of hydrogen-bond acceptors (Lipinski definition) is 17. The third kappa shape index (κ3) is 17.2. The van der Waals surface area contributed by atoms with Gasteiger partial charge in [-0.15, -0.1) is 5.10 Å². The molecule has 2 saturated heterocycles. The number of hydrogen-bond donors (Lipinski definition) is 9. The van der Waals surface area contributed by atoms with Crippen LogP contribution in [0.4, 0.5) is 4.39 Å². The predicted molar refractivity (Wildman–Crippen MR) is 373 cm³/mol. The average molecular weight is 1410 g/mol. The highest BCUT2D eigenvalue weighted by Gasteiger charge is 2.49. The van der Waals surface area contributed by atoms with Crippen LogP contribution in [0, 0.1) is 5.82 Å². The zero-order chi connectivity index (χ0) is 70.8. The first-order valence-corrected chi connectivity index (χ1v) is 36.0. The average Bonchev–Trinajstić information content (AvgIpc) is 1.62. The molecule has 29 heteroatoms. The van der Waals surface area contributed by atoms with Crippen LogP contribution in [0.1, 0.15) is 85.7 Å². The fraction of sp³-hybridized carbons (Fsp3) is 0.451. The van der Waals surface area contributed by atoms with E-state index in [9.17, 15) is 24.3 Å². The number of rotatable bonds is 5. The number of halogens is 1. The highest BCUT2D eigenvalue weighted by molar-refractivity contribution is 7.98. The molecule has 5 aliphatic rings. The van der Waals surface area contributed by atoms with Crippen molar-refractivity contribution in [2.45, 2.75) is 150 Å². The summed E-state index contributed by atoms with van der Waals surface area (Å²) >= 11 is 3.04. The Kier molecular flexibility index (Phi) is 23.4. The molecule has 12 bridgehead atoms. The van der Waals surface area contributed by atoms with Gasteiger partial charge in [-0.3, -0.25) is 43.2 Å². The van der Waals surface area contributed by atoms with E-state index in [1.165, 1.54) is 54.7 Å². The van der Waals surface area contributed by atoms with E-state index in [4.69, 9.17) is 15.2 Å². The Labute approximate surface area is 586 Å².